The summed E-state index contributed by atoms with van der Waals surface area (Å²) in [4.78, 5) is 26.6. The number of β-amino-alcohol motifs (C(OH)–C–C–N with tert-alkyl or cyclic N) is 1. The first-order valence-electron chi connectivity index (χ1n) is 6.71. The average molecular weight is 271 g/mol. The summed E-state index contributed by atoms with van der Waals surface area (Å²) in [6.45, 7) is 3.79. The Bertz CT molecular complexity index is 342. The van der Waals surface area contributed by atoms with E-state index >= 15 is 0 Å². The number of carboxylic acid groups (broad SMARTS) is 1. The fraction of sp³-hybridized carbons (Fsp3) is 0.833. The number of carbonyl (C=O) groups is 2. The largest absolute Gasteiger partial charge is 0.480 e. The minimum atomic E-state index is -1.04. The van der Waals surface area contributed by atoms with Crippen LogP contribution in [0.15, 0.2) is 0 Å². The summed E-state index contributed by atoms with van der Waals surface area (Å²) in [6.07, 6.45) is 0.386. The summed E-state index contributed by atoms with van der Waals surface area (Å²) in [5, 5.41) is 21.9. The Morgan fingerprint density at radius 2 is 2.05 bits per heavy atom. The lowest BCUT2D eigenvalue weighted by Crippen LogP contribution is -2.46. The van der Waals surface area contributed by atoms with E-state index < -0.39 is 18.1 Å². The number of aliphatic hydroxyl groups excluding tert-OH is 1. The molecule has 0 aromatic rings. The maximum Gasteiger partial charge on any atom is 0.326 e. The molecule has 0 aromatic carbocycles. The van der Waals surface area contributed by atoms with Gasteiger partial charge in [0.2, 0.25) is 5.91 Å². The molecule has 0 radical (unpaired) electrons. The van der Waals surface area contributed by atoms with Crippen molar-refractivity contribution < 1.29 is 19.8 Å². The predicted octanol–water partition coefficient (Wildman–Crippen LogP) is -1.67. The van der Waals surface area contributed by atoms with Crippen LogP contribution >= 0.6 is 0 Å². The van der Waals surface area contributed by atoms with Crippen molar-refractivity contribution in [3.05, 3.63) is 0 Å². The highest BCUT2D eigenvalue weighted by molar-refractivity contribution is 5.85. The summed E-state index contributed by atoms with van der Waals surface area (Å²) >= 11 is 0. The van der Waals surface area contributed by atoms with E-state index in [4.69, 9.17) is 5.11 Å². The molecule has 7 nitrogen and oxygen atoms in total. The van der Waals surface area contributed by atoms with Gasteiger partial charge in [-0.05, 0) is 19.5 Å². The molecule has 2 aliphatic rings. The minimum absolute atomic E-state index is 0.127. The van der Waals surface area contributed by atoms with Gasteiger partial charge in [-0.15, -0.1) is 0 Å². The zero-order chi connectivity index (χ0) is 13.8. The number of rotatable bonds is 3. The fourth-order valence-corrected chi connectivity index (χ4v) is 2.67. The van der Waals surface area contributed by atoms with Gasteiger partial charge in [0.25, 0.3) is 0 Å². The third-order valence-corrected chi connectivity index (χ3v) is 3.68. The molecular weight excluding hydrogens is 250 g/mol. The van der Waals surface area contributed by atoms with E-state index in [2.05, 4.69) is 5.32 Å². The zero-order valence-corrected chi connectivity index (χ0v) is 10.9. The van der Waals surface area contributed by atoms with Crippen LogP contribution in [0.3, 0.4) is 0 Å². The number of nitrogens with zero attached hydrogens (tertiary/aromatic N) is 2. The second kappa shape index (κ2) is 6.31. The standard InChI is InChI=1S/C12H21N3O4/c16-9-6-10(12(18)19)15(7-9)11(17)8-14-4-1-2-13-3-5-14/h9-10,13,16H,1-8H2,(H,18,19)/t9-,10-/m0/s1. The molecular formula is C12H21N3O4. The Hall–Kier alpha value is -1.18. The van der Waals surface area contributed by atoms with Gasteiger partial charge in [-0.3, -0.25) is 9.69 Å². The van der Waals surface area contributed by atoms with Crippen molar-refractivity contribution in [1.29, 1.82) is 0 Å². The Labute approximate surface area is 112 Å². The van der Waals surface area contributed by atoms with Crippen LogP contribution in [0.5, 0.6) is 0 Å². The van der Waals surface area contributed by atoms with Crippen molar-refractivity contribution in [2.45, 2.75) is 25.0 Å². The number of carboxylic acids is 1. The van der Waals surface area contributed by atoms with E-state index in [1.165, 1.54) is 4.90 Å². The molecule has 0 aromatic heterocycles. The van der Waals surface area contributed by atoms with Gasteiger partial charge in [-0.1, -0.05) is 0 Å². The summed E-state index contributed by atoms with van der Waals surface area (Å²) in [7, 11) is 0. The van der Waals surface area contributed by atoms with Gasteiger partial charge >= 0.3 is 5.97 Å². The van der Waals surface area contributed by atoms with Crippen LogP contribution in [0.4, 0.5) is 0 Å². The van der Waals surface area contributed by atoms with E-state index in [-0.39, 0.29) is 25.4 Å². The quantitative estimate of drug-likeness (QED) is 0.568. The number of hydrogen-bond donors (Lipinski definition) is 3. The van der Waals surface area contributed by atoms with Crippen LogP contribution in [0, 0.1) is 0 Å². The number of carbonyl (C=O) groups excluding carboxylic acids is 1. The molecule has 1 amide bonds. The molecule has 19 heavy (non-hydrogen) atoms. The first-order chi connectivity index (χ1) is 9.08. The number of nitrogens with one attached hydrogen (secondary N) is 1. The Kier molecular flexibility index (Phi) is 4.73. The Balaban J connectivity index is 1.92. The summed E-state index contributed by atoms with van der Waals surface area (Å²) < 4.78 is 0. The van der Waals surface area contributed by atoms with Crippen LogP contribution in [0.1, 0.15) is 12.8 Å². The average Bonchev–Trinajstić information content (AvgIpc) is 2.58. The van der Waals surface area contributed by atoms with Gasteiger partial charge in [0.1, 0.15) is 6.04 Å². The zero-order valence-electron chi connectivity index (χ0n) is 10.9. The van der Waals surface area contributed by atoms with Gasteiger partial charge < -0.3 is 20.4 Å². The van der Waals surface area contributed by atoms with Crippen LogP contribution in [0.25, 0.3) is 0 Å². The highest BCUT2D eigenvalue weighted by Gasteiger charge is 2.39. The molecule has 2 fully saturated rings. The van der Waals surface area contributed by atoms with Crippen LogP contribution < -0.4 is 5.32 Å². The molecule has 0 aliphatic carbocycles. The van der Waals surface area contributed by atoms with Crippen LogP contribution in [-0.4, -0.2) is 83.3 Å². The molecule has 0 unspecified atom stereocenters. The minimum Gasteiger partial charge on any atom is -0.480 e. The molecule has 0 bridgehead atoms. The maximum atomic E-state index is 12.2. The van der Waals surface area contributed by atoms with Crippen LogP contribution in [0.2, 0.25) is 0 Å². The first kappa shape index (κ1) is 14.2. The Morgan fingerprint density at radius 1 is 1.26 bits per heavy atom. The molecule has 3 N–H and O–H groups in total. The summed E-state index contributed by atoms with van der Waals surface area (Å²) in [5.41, 5.74) is 0. The second-order valence-corrected chi connectivity index (χ2v) is 5.17. The van der Waals surface area contributed by atoms with Crippen molar-refractivity contribution in [1.82, 2.24) is 15.1 Å². The van der Waals surface area contributed by atoms with Gasteiger partial charge in [0, 0.05) is 26.1 Å². The van der Waals surface area contributed by atoms with Crippen molar-refractivity contribution in [2.24, 2.45) is 0 Å². The third kappa shape index (κ3) is 3.65. The molecule has 2 saturated heterocycles. The highest BCUT2D eigenvalue weighted by atomic mass is 16.4. The lowest BCUT2D eigenvalue weighted by atomic mass is 10.2. The van der Waals surface area contributed by atoms with E-state index in [0.29, 0.717) is 0 Å². The number of aliphatic hydroxyl groups is 1. The molecule has 2 rings (SSSR count). The normalized spacial score (nSPS) is 29.2. The van der Waals surface area contributed by atoms with Gasteiger partial charge in [0.15, 0.2) is 0 Å². The van der Waals surface area contributed by atoms with Crippen molar-refractivity contribution in [2.75, 3.05) is 39.3 Å². The number of aliphatic carboxylic acids is 1. The molecule has 2 aliphatic heterocycles. The van der Waals surface area contributed by atoms with Gasteiger partial charge in [-0.2, -0.15) is 0 Å². The number of likely N-dealkylation sites (tertiary alicyclic amines) is 1. The van der Waals surface area contributed by atoms with Crippen LogP contribution in [-0.2, 0) is 9.59 Å². The molecule has 2 heterocycles. The third-order valence-electron chi connectivity index (χ3n) is 3.68. The lowest BCUT2D eigenvalue weighted by Gasteiger charge is -2.25. The molecule has 0 saturated carbocycles. The van der Waals surface area contributed by atoms with E-state index in [0.717, 1.165) is 32.6 Å². The van der Waals surface area contributed by atoms with Gasteiger partial charge in [-0.25, -0.2) is 4.79 Å². The lowest BCUT2D eigenvalue weighted by molar-refractivity contribution is -0.148. The SMILES string of the molecule is O=C(O)[C@@H]1C[C@H](O)CN1C(=O)CN1CCCNCC1. The van der Waals surface area contributed by atoms with Crippen molar-refractivity contribution in [3.63, 3.8) is 0 Å². The summed E-state index contributed by atoms with van der Waals surface area (Å²) in [6, 6.07) is -0.882. The molecule has 108 valence electrons. The molecule has 7 heteroatoms. The van der Waals surface area contributed by atoms with Gasteiger partial charge in [0.05, 0.1) is 12.6 Å². The van der Waals surface area contributed by atoms with E-state index in [1.54, 1.807) is 0 Å². The van der Waals surface area contributed by atoms with E-state index in [9.17, 15) is 14.7 Å². The van der Waals surface area contributed by atoms with Crippen molar-refractivity contribution in [3.8, 4) is 0 Å². The number of hydrogen-bond acceptors (Lipinski definition) is 5. The molecule has 2 atom stereocenters. The number of amides is 1. The fourth-order valence-electron chi connectivity index (χ4n) is 2.67. The molecule has 0 spiro atoms. The van der Waals surface area contributed by atoms with E-state index in [1.807, 2.05) is 4.90 Å². The monoisotopic (exact) mass is 271 g/mol. The smallest absolute Gasteiger partial charge is 0.326 e. The maximum absolute atomic E-state index is 12.2. The first-order valence-corrected chi connectivity index (χ1v) is 6.71. The predicted molar refractivity (Wildman–Crippen MR) is 67.7 cm³/mol. The topological polar surface area (TPSA) is 93.1 Å². The van der Waals surface area contributed by atoms with Crippen molar-refractivity contribution >= 4 is 11.9 Å². The Morgan fingerprint density at radius 3 is 2.79 bits per heavy atom. The second-order valence-electron chi connectivity index (χ2n) is 5.17. The summed E-state index contributed by atoms with van der Waals surface area (Å²) in [5.74, 6) is -1.24. The highest BCUT2D eigenvalue weighted by Crippen LogP contribution is 2.18.